The number of nitrogens with one attached hydrogen (secondary N) is 1. The summed E-state index contributed by atoms with van der Waals surface area (Å²) in [6.07, 6.45) is 2.19. The van der Waals surface area contributed by atoms with Gasteiger partial charge in [0.05, 0.1) is 13.5 Å². The molecule has 15 heavy (non-hydrogen) atoms. The highest BCUT2D eigenvalue weighted by atomic mass is 16.5. The fourth-order valence-electron chi connectivity index (χ4n) is 2.10. The van der Waals surface area contributed by atoms with Crippen molar-refractivity contribution in [2.45, 2.75) is 44.7 Å². The molecule has 0 unspecified atom stereocenters. The monoisotopic (exact) mass is 215 g/mol. The molecule has 0 saturated carbocycles. The van der Waals surface area contributed by atoms with Gasteiger partial charge in [0, 0.05) is 24.8 Å². The Balaban J connectivity index is 2.61. The second-order valence-corrected chi connectivity index (χ2v) is 4.44. The highest BCUT2D eigenvalue weighted by Crippen LogP contribution is 2.25. The molecule has 0 aromatic rings. The van der Waals surface area contributed by atoms with E-state index in [4.69, 9.17) is 9.47 Å². The number of carbonyl (C=O) groups is 1. The molecule has 0 atom stereocenters. The molecular formula is C11H21NO3. The van der Waals surface area contributed by atoms with Gasteiger partial charge >= 0.3 is 5.97 Å². The standard InChI is InChI=1S/C11H21NO3/c1-9(2)12-11(8-10(13)14-3)4-6-15-7-5-11/h9,12H,4-8H2,1-3H3. The first-order chi connectivity index (χ1) is 7.08. The normalized spacial score (nSPS) is 20.3. The zero-order valence-electron chi connectivity index (χ0n) is 9.84. The lowest BCUT2D eigenvalue weighted by molar-refractivity contribution is -0.143. The second kappa shape index (κ2) is 5.47. The first kappa shape index (κ1) is 12.5. The molecule has 1 rings (SSSR count). The molecule has 4 nitrogen and oxygen atoms in total. The predicted molar refractivity (Wildman–Crippen MR) is 57.7 cm³/mol. The Bertz CT molecular complexity index is 210. The number of hydrogen-bond acceptors (Lipinski definition) is 4. The highest BCUT2D eigenvalue weighted by molar-refractivity contribution is 5.70. The van der Waals surface area contributed by atoms with Crippen LogP contribution in [0.4, 0.5) is 0 Å². The Morgan fingerprint density at radius 3 is 2.53 bits per heavy atom. The summed E-state index contributed by atoms with van der Waals surface area (Å²) in [5, 5.41) is 3.48. The van der Waals surface area contributed by atoms with Gasteiger partial charge in [0.25, 0.3) is 0 Å². The summed E-state index contributed by atoms with van der Waals surface area (Å²) in [6.45, 7) is 5.62. The van der Waals surface area contributed by atoms with E-state index < -0.39 is 0 Å². The van der Waals surface area contributed by atoms with Crippen molar-refractivity contribution in [3.63, 3.8) is 0 Å². The van der Waals surface area contributed by atoms with Crippen LogP contribution in [-0.2, 0) is 14.3 Å². The molecule has 4 heteroatoms. The second-order valence-electron chi connectivity index (χ2n) is 4.44. The summed E-state index contributed by atoms with van der Waals surface area (Å²) < 4.78 is 10.1. The average Bonchev–Trinajstić information content (AvgIpc) is 2.17. The largest absolute Gasteiger partial charge is 0.469 e. The summed E-state index contributed by atoms with van der Waals surface area (Å²) in [5.74, 6) is -0.148. The first-order valence-corrected chi connectivity index (χ1v) is 5.50. The molecule has 88 valence electrons. The van der Waals surface area contributed by atoms with Gasteiger partial charge in [-0.3, -0.25) is 4.79 Å². The lowest BCUT2D eigenvalue weighted by atomic mass is 9.86. The molecule has 0 radical (unpaired) electrons. The highest BCUT2D eigenvalue weighted by Gasteiger charge is 2.35. The predicted octanol–water partition coefficient (Wildman–Crippen LogP) is 1.10. The van der Waals surface area contributed by atoms with E-state index in [0.717, 1.165) is 26.1 Å². The van der Waals surface area contributed by atoms with Crippen LogP contribution in [0.15, 0.2) is 0 Å². The van der Waals surface area contributed by atoms with Gasteiger partial charge in [-0.2, -0.15) is 0 Å². The van der Waals surface area contributed by atoms with E-state index in [-0.39, 0.29) is 11.5 Å². The summed E-state index contributed by atoms with van der Waals surface area (Å²) >= 11 is 0. The molecule has 1 aliphatic heterocycles. The summed E-state index contributed by atoms with van der Waals surface area (Å²) in [4.78, 5) is 11.4. The molecule has 1 N–H and O–H groups in total. The molecule has 0 spiro atoms. The van der Waals surface area contributed by atoms with Crippen molar-refractivity contribution in [1.29, 1.82) is 0 Å². The minimum atomic E-state index is -0.148. The van der Waals surface area contributed by atoms with Gasteiger partial charge in [-0.1, -0.05) is 13.8 Å². The first-order valence-electron chi connectivity index (χ1n) is 5.50. The van der Waals surface area contributed by atoms with Crippen molar-refractivity contribution in [2.24, 2.45) is 0 Å². The van der Waals surface area contributed by atoms with Crippen LogP contribution in [0.1, 0.15) is 33.1 Å². The van der Waals surface area contributed by atoms with Crippen molar-refractivity contribution in [1.82, 2.24) is 5.32 Å². The summed E-state index contributed by atoms with van der Waals surface area (Å²) in [6, 6.07) is 0.368. The molecule has 0 amide bonds. The van der Waals surface area contributed by atoms with Crippen LogP contribution in [0.3, 0.4) is 0 Å². The van der Waals surface area contributed by atoms with Gasteiger partial charge in [0.2, 0.25) is 0 Å². The number of esters is 1. The molecule has 1 fully saturated rings. The molecule has 0 aromatic heterocycles. The van der Waals surface area contributed by atoms with Crippen LogP contribution in [-0.4, -0.2) is 37.9 Å². The lowest BCUT2D eigenvalue weighted by Crippen LogP contribution is -2.53. The van der Waals surface area contributed by atoms with Gasteiger partial charge in [0.15, 0.2) is 0 Å². The smallest absolute Gasteiger partial charge is 0.307 e. The van der Waals surface area contributed by atoms with Crippen LogP contribution in [0.5, 0.6) is 0 Å². The van der Waals surface area contributed by atoms with Crippen molar-refractivity contribution >= 4 is 5.97 Å². The maximum atomic E-state index is 11.4. The zero-order valence-corrected chi connectivity index (χ0v) is 9.84. The van der Waals surface area contributed by atoms with E-state index in [0.29, 0.717) is 12.5 Å². The van der Waals surface area contributed by atoms with Crippen LogP contribution in [0.2, 0.25) is 0 Å². The lowest BCUT2D eigenvalue weighted by Gasteiger charge is -2.38. The van der Waals surface area contributed by atoms with Gasteiger partial charge in [0.1, 0.15) is 0 Å². The number of carbonyl (C=O) groups excluding carboxylic acids is 1. The Morgan fingerprint density at radius 2 is 2.07 bits per heavy atom. The molecule has 0 aromatic carbocycles. The third kappa shape index (κ3) is 3.80. The van der Waals surface area contributed by atoms with Crippen LogP contribution in [0.25, 0.3) is 0 Å². The fraction of sp³-hybridized carbons (Fsp3) is 0.909. The van der Waals surface area contributed by atoms with E-state index in [2.05, 4.69) is 19.2 Å². The third-order valence-electron chi connectivity index (χ3n) is 2.76. The van der Waals surface area contributed by atoms with E-state index in [9.17, 15) is 4.79 Å². The van der Waals surface area contributed by atoms with E-state index in [1.54, 1.807) is 0 Å². The SMILES string of the molecule is COC(=O)CC1(NC(C)C)CCOCC1. The zero-order chi connectivity index (χ0) is 11.3. The number of ether oxygens (including phenoxy) is 2. The number of hydrogen-bond donors (Lipinski definition) is 1. The summed E-state index contributed by atoms with van der Waals surface area (Å²) in [5.41, 5.74) is -0.125. The minimum absolute atomic E-state index is 0.125. The van der Waals surface area contributed by atoms with Crippen molar-refractivity contribution in [3.8, 4) is 0 Å². The average molecular weight is 215 g/mol. The Labute approximate surface area is 91.3 Å². The van der Waals surface area contributed by atoms with E-state index >= 15 is 0 Å². The molecule has 1 heterocycles. The van der Waals surface area contributed by atoms with Crippen molar-refractivity contribution < 1.29 is 14.3 Å². The third-order valence-corrected chi connectivity index (χ3v) is 2.76. The fourth-order valence-corrected chi connectivity index (χ4v) is 2.10. The van der Waals surface area contributed by atoms with Crippen molar-refractivity contribution in [2.75, 3.05) is 20.3 Å². The van der Waals surface area contributed by atoms with Gasteiger partial charge in [-0.25, -0.2) is 0 Å². The molecular weight excluding hydrogens is 194 g/mol. The number of rotatable bonds is 4. The van der Waals surface area contributed by atoms with Gasteiger partial charge in [-0.05, 0) is 12.8 Å². The molecule has 0 aliphatic carbocycles. The topological polar surface area (TPSA) is 47.6 Å². The van der Waals surface area contributed by atoms with E-state index in [1.807, 2.05) is 0 Å². The molecule has 1 aliphatic rings. The van der Waals surface area contributed by atoms with Crippen LogP contribution >= 0.6 is 0 Å². The molecule has 0 bridgehead atoms. The van der Waals surface area contributed by atoms with E-state index in [1.165, 1.54) is 7.11 Å². The molecule has 1 saturated heterocycles. The summed E-state index contributed by atoms with van der Waals surface area (Å²) in [7, 11) is 1.44. The Morgan fingerprint density at radius 1 is 1.47 bits per heavy atom. The van der Waals surface area contributed by atoms with Gasteiger partial charge < -0.3 is 14.8 Å². The van der Waals surface area contributed by atoms with Crippen LogP contribution < -0.4 is 5.32 Å². The van der Waals surface area contributed by atoms with Gasteiger partial charge in [-0.15, -0.1) is 0 Å². The Hall–Kier alpha value is -0.610. The maximum absolute atomic E-state index is 11.4. The van der Waals surface area contributed by atoms with Crippen molar-refractivity contribution in [3.05, 3.63) is 0 Å². The Kier molecular flexibility index (Phi) is 4.54. The minimum Gasteiger partial charge on any atom is -0.469 e. The number of methoxy groups -OCH3 is 1. The van der Waals surface area contributed by atoms with Crippen LogP contribution in [0, 0.1) is 0 Å². The quantitative estimate of drug-likeness (QED) is 0.713. The maximum Gasteiger partial charge on any atom is 0.307 e.